The fourth-order valence-electron chi connectivity index (χ4n) is 2.07. The largest absolute Gasteiger partial charge is 0.364 e. The molecule has 1 fully saturated rings. The summed E-state index contributed by atoms with van der Waals surface area (Å²) < 4.78 is 5.72. The minimum atomic E-state index is -0.245. The Hall–Kier alpha value is -0.610. The zero-order valence-electron chi connectivity index (χ0n) is 9.95. The number of nitrogens with two attached hydrogens (primary N) is 1. The average molecular weight is 214 g/mol. The first-order valence-electron chi connectivity index (χ1n) is 5.53. The van der Waals surface area contributed by atoms with E-state index in [0.717, 1.165) is 19.3 Å². The molecule has 15 heavy (non-hydrogen) atoms. The molecule has 0 aromatic rings. The van der Waals surface area contributed by atoms with Gasteiger partial charge in [0.1, 0.15) is 6.61 Å². The van der Waals surface area contributed by atoms with E-state index in [9.17, 15) is 4.79 Å². The zero-order chi connectivity index (χ0) is 11.5. The first-order valence-corrected chi connectivity index (χ1v) is 5.53. The maximum Gasteiger partial charge on any atom is 0.248 e. The van der Waals surface area contributed by atoms with Crippen molar-refractivity contribution in [3.05, 3.63) is 0 Å². The minimum absolute atomic E-state index is 0.00220. The van der Waals surface area contributed by atoms with Crippen molar-refractivity contribution in [2.45, 2.75) is 31.8 Å². The molecule has 2 N–H and O–H groups in total. The summed E-state index contributed by atoms with van der Waals surface area (Å²) in [6.45, 7) is 2.86. The molecule has 1 amide bonds. The van der Waals surface area contributed by atoms with E-state index in [1.165, 1.54) is 0 Å². The van der Waals surface area contributed by atoms with Crippen LogP contribution in [0.1, 0.15) is 26.2 Å². The molecule has 1 rings (SSSR count). The summed E-state index contributed by atoms with van der Waals surface area (Å²) in [6.07, 6.45) is 3.10. The monoisotopic (exact) mass is 214 g/mol. The third kappa shape index (κ3) is 3.18. The highest BCUT2D eigenvalue weighted by Crippen LogP contribution is 2.36. The van der Waals surface area contributed by atoms with Gasteiger partial charge in [-0.1, -0.05) is 6.92 Å². The van der Waals surface area contributed by atoms with Gasteiger partial charge < -0.3 is 15.4 Å². The molecule has 0 aromatic heterocycles. The predicted molar refractivity (Wildman–Crippen MR) is 59.4 cm³/mol. The van der Waals surface area contributed by atoms with E-state index in [4.69, 9.17) is 10.5 Å². The summed E-state index contributed by atoms with van der Waals surface area (Å²) in [7, 11) is 3.47. The van der Waals surface area contributed by atoms with Gasteiger partial charge in [0.05, 0.1) is 5.60 Å². The van der Waals surface area contributed by atoms with Gasteiger partial charge in [-0.15, -0.1) is 0 Å². The topological polar surface area (TPSA) is 55.6 Å². The van der Waals surface area contributed by atoms with Crippen molar-refractivity contribution in [1.82, 2.24) is 4.90 Å². The van der Waals surface area contributed by atoms with Crippen molar-refractivity contribution in [3.63, 3.8) is 0 Å². The lowest BCUT2D eigenvalue weighted by atomic mass is 10.0. The van der Waals surface area contributed by atoms with Crippen molar-refractivity contribution in [2.75, 3.05) is 27.2 Å². The van der Waals surface area contributed by atoms with Gasteiger partial charge in [0.2, 0.25) is 5.91 Å². The standard InChI is InChI=1S/C11H22N2O2/c1-9-4-5-11(6-9,8-12)15-7-10(14)13(2)3/h9H,4-8,12H2,1-3H3. The number of carbonyl (C=O) groups is 1. The third-order valence-electron chi connectivity index (χ3n) is 3.19. The second-order valence-electron chi connectivity index (χ2n) is 4.81. The van der Waals surface area contributed by atoms with Crippen molar-refractivity contribution < 1.29 is 9.53 Å². The highest BCUT2D eigenvalue weighted by molar-refractivity contribution is 5.76. The van der Waals surface area contributed by atoms with E-state index >= 15 is 0 Å². The van der Waals surface area contributed by atoms with Crippen LogP contribution in [0, 0.1) is 5.92 Å². The molecule has 4 nitrogen and oxygen atoms in total. The fourth-order valence-corrected chi connectivity index (χ4v) is 2.07. The van der Waals surface area contributed by atoms with Crippen LogP contribution in [0.25, 0.3) is 0 Å². The van der Waals surface area contributed by atoms with E-state index in [1.54, 1.807) is 19.0 Å². The Morgan fingerprint density at radius 3 is 2.67 bits per heavy atom. The first kappa shape index (κ1) is 12.5. The molecular weight excluding hydrogens is 192 g/mol. The van der Waals surface area contributed by atoms with Gasteiger partial charge in [0, 0.05) is 20.6 Å². The Morgan fingerprint density at radius 2 is 2.27 bits per heavy atom. The van der Waals surface area contributed by atoms with Crippen LogP contribution < -0.4 is 5.73 Å². The number of amides is 1. The Morgan fingerprint density at radius 1 is 1.60 bits per heavy atom. The summed E-state index contributed by atoms with van der Waals surface area (Å²) in [4.78, 5) is 12.9. The van der Waals surface area contributed by atoms with Gasteiger partial charge in [-0.2, -0.15) is 0 Å². The van der Waals surface area contributed by atoms with E-state index in [2.05, 4.69) is 6.92 Å². The van der Waals surface area contributed by atoms with Crippen LogP contribution >= 0.6 is 0 Å². The van der Waals surface area contributed by atoms with Gasteiger partial charge in [0.25, 0.3) is 0 Å². The molecule has 0 saturated heterocycles. The second kappa shape index (κ2) is 4.94. The summed E-state index contributed by atoms with van der Waals surface area (Å²) in [5, 5.41) is 0. The number of hydrogen-bond acceptors (Lipinski definition) is 3. The highest BCUT2D eigenvalue weighted by atomic mass is 16.5. The molecule has 88 valence electrons. The molecule has 0 aromatic carbocycles. The molecule has 0 aliphatic heterocycles. The molecule has 0 bridgehead atoms. The number of rotatable bonds is 4. The Kier molecular flexibility index (Phi) is 4.11. The van der Waals surface area contributed by atoms with Crippen LogP contribution in [-0.4, -0.2) is 43.7 Å². The molecule has 1 aliphatic rings. The molecule has 1 saturated carbocycles. The fraction of sp³-hybridized carbons (Fsp3) is 0.909. The lowest BCUT2D eigenvalue weighted by molar-refractivity contribution is -0.140. The molecule has 2 unspecified atom stereocenters. The lowest BCUT2D eigenvalue weighted by Crippen LogP contribution is -2.41. The maximum atomic E-state index is 11.4. The SMILES string of the molecule is CC1CCC(CN)(OCC(=O)N(C)C)C1. The molecule has 0 heterocycles. The number of likely N-dealkylation sites (N-methyl/N-ethyl adjacent to an activating group) is 1. The number of hydrogen-bond donors (Lipinski definition) is 1. The lowest BCUT2D eigenvalue weighted by Gasteiger charge is -2.28. The van der Waals surface area contributed by atoms with Gasteiger partial charge >= 0.3 is 0 Å². The second-order valence-corrected chi connectivity index (χ2v) is 4.81. The predicted octanol–water partition coefficient (Wildman–Crippen LogP) is 0.609. The number of nitrogens with zero attached hydrogens (tertiary/aromatic N) is 1. The maximum absolute atomic E-state index is 11.4. The molecule has 0 spiro atoms. The molecular formula is C11H22N2O2. The average Bonchev–Trinajstić information content (AvgIpc) is 2.57. The number of carbonyl (C=O) groups excluding carboxylic acids is 1. The normalized spacial score (nSPS) is 30.5. The van der Waals surface area contributed by atoms with Crippen LogP contribution in [0.5, 0.6) is 0 Å². The summed E-state index contributed by atoms with van der Waals surface area (Å²) in [6, 6.07) is 0. The summed E-state index contributed by atoms with van der Waals surface area (Å²) >= 11 is 0. The Bertz CT molecular complexity index is 231. The van der Waals surface area contributed by atoms with E-state index in [0.29, 0.717) is 12.5 Å². The van der Waals surface area contributed by atoms with Crippen LogP contribution in [-0.2, 0) is 9.53 Å². The van der Waals surface area contributed by atoms with Crippen molar-refractivity contribution in [1.29, 1.82) is 0 Å². The highest BCUT2D eigenvalue weighted by Gasteiger charge is 2.37. The van der Waals surface area contributed by atoms with E-state index < -0.39 is 0 Å². The van der Waals surface area contributed by atoms with Crippen LogP contribution in [0.2, 0.25) is 0 Å². The smallest absolute Gasteiger partial charge is 0.248 e. The number of ether oxygens (including phenoxy) is 1. The Balaban J connectivity index is 2.44. The molecule has 0 radical (unpaired) electrons. The van der Waals surface area contributed by atoms with Crippen LogP contribution in [0.15, 0.2) is 0 Å². The van der Waals surface area contributed by atoms with Gasteiger partial charge in [-0.25, -0.2) is 0 Å². The summed E-state index contributed by atoms with van der Waals surface area (Å²) in [5.41, 5.74) is 5.50. The van der Waals surface area contributed by atoms with E-state index in [1.807, 2.05) is 0 Å². The third-order valence-corrected chi connectivity index (χ3v) is 3.19. The minimum Gasteiger partial charge on any atom is -0.364 e. The molecule has 2 atom stereocenters. The van der Waals surface area contributed by atoms with Crippen molar-refractivity contribution >= 4 is 5.91 Å². The zero-order valence-corrected chi connectivity index (χ0v) is 9.95. The first-order chi connectivity index (χ1) is 6.99. The van der Waals surface area contributed by atoms with Crippen molar-refractivity contribution in [2.24, 2.45) is 11.7 Å². The van der Waals surface area contributed by atoms with Gasteiger partial charge in [-0.3, -0.25) is 4.79 Å². The molecule has 1 aliphatic carbocycles. The van der Waals surface area contributed by atoms with Gasteiger partial charge in [0.15, 0.2) is 0 Å². The Labute approximate surface area is 91.8 Å². The van der Waals surface area contributed by atoms with Crippen LogP contribution in [0.4, 0.5) is 0 Å². The van der Waals surface area contributed by atoms with E-state index in [-0.39, 0.29) is 18.1 Å². The van der Waals surface area contributed by atoms with Crippen molar-refractivity contribution in [3.8, 4) is 0 Å². The summed E-state index contributed by atoms with van der Waals surface area (Å²) in [5.74, 6) is 0.658. The van der Waals surface area contributed by atoms with Gasteiger partial charge in [-0.05, 0) is 25.2 Å². The quantitative estimate of drug-likeness (QED) is 0.746. The molecule has 4 heteroatoms. The van der Waals surface area contributed by atoms with Crippen LogP contribution in [0.3, 0.4) is 0 Å².